The number of hydrogen-bond acceptors (Lipinski definition) is 4. The fourth-order valence-corrected chi connectivity index (χ4v) is 4.45. The number of fused-ring (bicyclic) bond motifs is 4. The van der Waals surface area contributed by atoms with Crippen molar-refractivity contribution in [1.82, 2.24) is 4.57 Å². The fourth-order valence-electron chi connectivity index (χ4n) is 4.45. The molecule has 0 aliphatic heterocycles. The van der Waals surface area contributed by atoms with E-state index in [2.05, 4.69) is 28.8 Å². The van der Waals surface area contributed by atoms with Crippen LogP contribution in [0.25, 0.3) is 32.6 Å². The number of amides is 1. The number of esters is 1. The first-order chi connectivity index (χ1) is 16.1. The summed E-state index contributed by atoms with van der Waals surface area (Å²) in [6, 6.07) is 25.6. The van der Waals surface area contributed by atoms with Gasteiger partial charge in [-0.15, -0.1) is 0 Å². The van der Waals surface area contributed by atoms with Crippen LogP contribution >= 0.6 is 0 Å². The molecule has 0 saturated heterocycles. The van der Waals surface area contributed by atoms with Crippen LogP contribution in [0.2, 0.25) is 0 Å². The summed E-state index contributed by atoms with van der Waals surface area (Å²) in [5.74, 6) is -0.512. The van der Waals surface area contributed by atoms with Crippen molar-refractivity contribution in [3.8, 4) is 5.75 Å². The Hall–Kier alpha value is -4.32. The lowest BCUT2D eigenvalue weighted by molar-refractivity contribution is -0.142. The molecule has 0 bridgehead atoms. The third-order valence-corrected chi connectivity index (χ3v) is 5.93. The van der Waals surface area contributed by atoms with Crippen LogP contribution in [-0.2, 0) is 16.1 Å². The maximum absolute atomic E-state index is 12.3. The van der Waals surface area contributed by atoms with Gasteiger partial charge in [-0.3, -0.25) is 4.79 Å². The molecular weight excluding hydrogens is 416 g/mol. The van der Waals surface area contributed by atoms with Gasteiger partial charge in [0.15, 0.2) is 6.61 Å². The van der Waals surface area contributed by atoms with Gasteiger partial charge >= 0.3 is 5.97 Å². The molecule has 164 valence electrons. The van der Waals surface area contributed by atoms with E-state index in [0.717, 1.165) is 27.4 Å². The van der Waals surface area contributed by atoms with Gasteiger partial charge in [-0.2, -0.15) is 0 Å². The van der Waals surface area contributed by atoms with Gasteiger partial charge < -0.3 is 19.8 Å². The molecule has 2 N–H and O–H groups in total. The number of nitrogens with two attached hydrogens (primary N) is 1. The van der Waals surface area contributed by atoms with Gasteiger partial charge in [-0.1, -0.05) is 54.6 Å². The molecule has 0 radical (unpaired) electrons. The Balaban J connectivity index is 1.77. The Labute approximate surface area is 190 Å². The first kappa shape index (κ1) is 20.6. The van der Waals surface area contributed by atoms with E-state index >= 15 is 0 Å². The quantitative estimate of drug-likeness (QED) is 0.391. The van der Waals surface area contributed by atoms with Gasteiger partial charge in [0, 0.05) is 17.5 Å². The minimum atomic E-state index is -0.521. The summed E-state index contributed by atoms with van der Waals surface area (Å²) in [5, 5.41) is 3.78. The van der Waals surface area contributed by atoms with Gasteiger partial charge in [-0.05, 0) is 40.6 Å². The molecule has 6 heteroatoms. The molecule has 1 aromatic heterocycles. The summed E-state index contributed by atoms with van der Waals surface area (Å²) in [6.45, 7) is 0.356. The Kier molecular flexibility index (Phi) is 5.18. The third-order valence-electron chi connectivity index (χ3n) is 5.93. The number of carbonyl (C=O) groups excluding carboxylic acids is 2. The van der Waals surface area contributed by atoms with E-state index in [0.29, 0.717) is 23.2 Å². The minimum absolute atomic E-state index is 0.232. The average Bonchev–Trinajstić information content (AvgIpc) is 3.16. The van der Waals surface area contributed by atoms with Crippen LogP contribution in [-0.4, -0.2) is 30.2 Å². The number of ether oxygens (including phenoxy) is 2. The van der Waals surface area contributed by atoms with Gasteiger partial charge in [-0.25, -0.2) is 4.79 Å². The summed E-state index contributed by atoms with van der Waals surface area (Å²) in [5.41, 5.74) is 9.04. The molecule has 0 aliphatic rings. The Morgan fingerprint density at radius 3 is 2.33 bits per heavy atom. The van der Waals surface area contributed by atoms with Crippen molar-refractivity contribution in [3.63, 3.8) is 0 Å². The number of rotatable bonds is 6. The normalized spacial score (nSPS) is 11.2. The molecule has 1 amide bonds. The van der Waals surface area contributed by atoms with Crippen LogP contribution in [0.5, 0.6) is 5.75 Å². The molecule has 0 spiro atoms. The van der Waals surface area contributed by atoms with Crippen molar-refractivity contribution in [1.29, 1.82) is 0 Å². The number of benzene rings is 4. The van der Waals surface area contributed by atoms with Crippen LogP contribution in [0.3, 0.4) is 0 Å². The second-order valence-electron chi connectivity index (χ2n) is 7.80. The molecule has 5 aromatic rings. The summed E-state index contributed by atoms with van der Waals surface area (Å²) in [4.78, 5) is 24.0. The van der Waals surface area contributed by atoms with E-state index in [1.165, 1.54) is 12.5 Å². The van der Waals surface area contributed by atoms with Crippen molar-refractivity contribution in [2.75, 3.05) is 13.7 Å². The number of nitrogens with zero attached hydrogens (tertiary/aromatic N) is 1. The van der Waals surface area contributed by atoms with E-state index in [1.54, 1.807) is 12.1 Å². The fraction of sp³-hybridized carbons (Fsp3) is 0.111. The molecule has 4 aromatic carbocycles. The highest BCUT2D eigenvalue weighted by molar-refractivity contribution is 6.19. The van der Waals surface area contributed by atoms with Crippen LogP contribution in [0.15, 0.2) is 78.9 Å². The van der Waals surface area contributed by atoms with Crippen molar-refractivity contribution in [2.24, 2.45) is 5.73 Å². The second kappa shape index (κ2) is 8.31. The van der Waals surface area contributed by atoms with Crippen molar-refractivity contribution >= 4 is 44.5 Å². The van der Waals surface area contributed by atoms with Crippen LogP contribution < -0.4 is 10.5 Å². The van der Waals surface area contributed by atoms with Gasteiger partial charge in [0.25, 0.3) is 0 Å². The molecule has 0 saturated carbocycles. The standard InChI is InChI=1S/C27H22N2O4/c1-32-24(30)16-33-23-14-6-13-22-26(23)25-20(27(28)31)11-5-12-21(25)29(22)15-18-9-4-8-17-7-2-3-10-19(17)18/h2-14H,15-16H2,1H3,(H2,28,31). The topological polar surface area (TPSA) is 83.6 Å². The minimum Gasteiger partial charge on any atom is -0.481 e. The predicted octanol–water partition coefficient (Wildman–Crippen LogP) is 4.65. The Bertz CT molecular complexity index is 1530. The van der Waals surface area contributed by atoms with Crippen molar-refractivity contribution < 1.29 is 19.1 Å². The highest BCUT2D eigenvalue weighted by Crippen LogP contribution is 2.38. The highest BCUT2D eigenvalue weighted by Gasteiger charge is 2.20. The molecule has 5 rings (SSSR count). The molecule has 0 atom stereocenters. The van der Waals surface area contributed by atoms with Gasteiger partial charge in [0.05, 0.1) is 23.5 Å². The molecule has 6 nitrogen and oxygen atoms in total. The van der Waals surface area contributed by atoms with Crippen molar-refractivity contribution in [3.05, 3.63) is 90.0 Å². The van der Waals surface area contributed by atoms with E-state index in [4.69, 9.17) is 15.2 Å². The van der Waals surface area contributed by atoms with Crippen LogP contribution in [0, 0.1) is 0 Å². The lowest BCUT2D eigenvalue weighted by Crippen LogP contribution is -2.13. The van der Waals surface area contributed by atoms with Crippen LogP contribution in [0.4, 0.5) is 0 Å². The summed E-state index contributed by atoms with van der Waals surface area (Å²) < 4.78 is 12.7. The Morgan fingerprint density at radius 2 is 1.55 bits per heavy atom. The third kappa shape index (κ3) is 3.55. The lowest BCUT2D eigenvalue weighted by atomic mass is 10.0. The van der Waals surface area contributed by atoms with E-state index in [1.807, 2.05) is 42.5 Å². The van der Waals surface area contributed by atoms with E-state index in [9.17, 15) is 9.59 Å². The number of hydrogen-bond donors (Lipinski definition) is 1. The zero-order valence-corrected chi connectivity index (χ0v) is 18.1. The predicted molar refractivity (Wildman–Crippen MR) is 129 cm³/mol. The molecular formula is C27H22N2O4. The molecule has 0 aliphatic carbocycles. The molecule has 0 unspecified atom stereocenters. The molecule has 1 heterocycles. The smallest absolute Gasteiger partial charge is 0.343 e. The zero-order chi connectivity index (χ0) is 22.9. The first-order valence-corrected chi connectivity index (χ1v) is 10.6. The number of aromatic nitrogens is 1. The number of carbonyl (C=O) groups is 2. The summed E-state index contributed by atoms with van der Waals surface area (Å²) in [7, 11) is 1.31. The van der Waals surface area contributed by atoms with Gasteiger partial charge in [0.1, 0.15) is 5.75 Å². The lowest BCUT2D eigenvalue weighted by Gasteiger charge is -2.11. The molecule has 0 fully saturated rings. The zero-order valence-electron chi connectivity index (χ0n) is 18.1. The van der Waals surface area contributed by atoms with Crippen molar-refractivity contribution in [2.45, 2.75) is 6.54 Å². The number of methoxy groups -OCH3 is 1. The summed E-state index contributed by atoms with van der Waals surface area (Å²) in [6.07, 6.45) is 0. The van der Waals surface area contributed by atoms with E-state index in [-0.39, 0.29) is 6.61 Å². The average molecular weight is 438 g/mol. The maximum atomic E-state index is 12.3. The Morgan fingerprint density at radius 1 is 0.848 bits per heavy atom. The SMILES string of the molecule is COC(=O)COc1cccc2c1c1c(C(N)=O)cccc1n2Cc1cccc2ccccc12. The first-order valence-electron chi connectivity index (χ1n) is 10.6. The molecule has 33 heavy (non-hydrogen) atoms. The number of primary amides is 1. The highest BCUT2D eigenvalue weighted by atomic mass is 16.6. The maximum Gasteiger partial charge on any atom is 0.343 e. The second-order valence-corrected chi connectivity index (χ2v) is 7.80. The van der Waals surface area contributed by atoms with E-state index < -0.39 is 11.9 Å². The monoisotopic (exact) mass is 438 g/mol. The largest absolute Gasteiger partial charge is 0.481 e. The van der Waals surface area contributed by atoms with Gasteiger partial charge in [0.2, 0.25) is 5.91 Å². The summed E-state index contributed by atoms with van der Waals surface area (Å²) >= 11 is 0. The van der Waals surface area contributed by atoms with Crippen LogP contribution in [0.1, 0.15) is 15.9 Å².